The Morgan fingerprint density at radius 3 is 2.45 bits per heavy atom. The van der Waals surface area contributed by atoms with Crippen LogP contribution in [-0.4, -0.2) is 38.5 Å². The number of carbonyl (C=O) groups is 1. The SMILES string of the molecule is COC(=O)c1cccc(CCC(OC)OC)c1[N+](=O)[O-]. The molecule has 0 N–H and O–H groups in total. The van der Waals surface area contributed by atoms with E-state index in [1.807, 2.05) is 0 Å². The molecule has 0 atom stereocenters. The van der Waals surface area contributed by atoms with E-state index in [0.29, 0.717) is 18.4 Å². The number of para-hydroxylation sites is 1. The molecule has 0 radical (unpaired) electrons. The average Bonchev–Trinajstić information content (AvgIpc) is 2.46. The molecule has 0 unspecified atom stereocenters. The van der Waals surface area contributed by atoms with Gasteiger partial charge in [-0.25, -0.2) is 4.79 Å². The number of nitro groups is 1. The number of benzene rings is 1. The van der Waals surface area contributed by atoms with E-state index in [0.717, 1.165) is 0 Å². The van der Waals surface area contributed by atoms with Crippen molar-refractivity contribution in [2.24, 2.45) is 0 Å². The second-order valence-corrected chi connectivity index (χ2v) is 4.00. The van der Waals surface area contributed by atoms with Gasteiger partial charge in [0.2, 0.25) is 0 Å². The molecule has 0 aromatic heterocycles. The Morgan fingerprint density at radius 1 is 1.30 bits per heavy atom. The number of hydrogen-bond acceptors (Lipinski definition) is 6. The highest BCUT2D eigenvalue weighted by Gasteiger charge is 2.25. The standard InChI is InChI=1S/C13H17NO6/c1-18-11(19-2)8-7-9-5-4-6-10(13(15)20-3)12(9)14(16)17/h4-6,11H,7-8H2,1-3H3. The minimum atomic E-state index is -0.728. The van der Waals surface area contributed by atoms with Gasteiger partial charge in [-0.1, -0.05) is 12.1 Å². The van der Waals surface area contributed by atoms with Crippen molar-refractivity contribution in [2.75, 3.05) is 21.3 Å². The highest BCUT2D eigenvalue weighted by atomic mass is 16.7. The zero-order valence-corrected chi connectivity index (χ0v) is 11.6. The Kier molecular flexibility index (Phi) is 6.08. The molecular formula is C13H17NO6. The van der Waals surface area contributed by atoms with Crippen molar-refractivity contribution in [2.45, 2.75) is 19.1 Å². The Balaban J connectivity index is 3.07. The summed E-state index contributed by atoms with van der Waals surface area (Å²) in [5, 5.41) is 11.2. The predicted molar refractivity (Wildman–Crippen MR) is 70.6 cm³/mol. The molecule has 0 amide bonds. The molecule has 0 fully saturated rings. The number of rotatable bonds is 7. The maximum absolute atomic E-state index is 11.6. The van der Waals surface area contributed by atoms with Crippen LogP contribution in [0.25, 0.3) is 0 Å². The maximum atomic E-state index is 11.6. The van der Waals surface area contributed by atoms with Gasteiger partial charge in [0.05, 0.1) is 12.0 Å². The van der Waals surface area contributed by atoms with Crippen molar-refractivity contribution >= 4 is 11.7 Å². The van der Waals surface area contributed by atoms with Gasteiger partial charge in [0.15, 0.2) is 6.29 Å². The number of aryl methyl sites for hydroxylation is 1. The van der Waals surface area contributed by atoms with Crippen LogP contribution < -0.4 is 0 Å². The molecule has 0 aliphatic heterocycles. The van der Waals surface area contributed by atoms with Crippen LogP contribution in [-0.2, 0) is 20.6 Å². The summed E-state index contributed by atoms with van der Waals surface area (Å²) in [6.07, 6.45) is 0.350. The van der Waals surface area contributed by atoms with Gasteiger partial charge in [-0.15, -0.1) is 0 Å². The molecular weight excluding hydrogens is 266 g/mol. The normalized spacial score (nSPS) is 10.6. The molecule has 1 aromatic carbocycles. The predicted octanol–water partition coefficient (Wildman–Crippen LogP) is 1.93. The van der Waals surface area contributed by atoms with E-state index in [4.69, 9.17) is 9.47 Å². The Hall–Kier alpha value is -1.99. The highest BCUT2D eigenvalue weighted by molar-refractivity contribution is 5.94. The number of nitrogens with zero attached hydrogens (tertiary/aromatic N) is 1. The molecule has 20 heavy (non-hydrogen) atoms. The first-order chi connectivity index (χ1) is 9.54. The molecule has 0 aliphatic carbocycles. The van der Waals surface area contributed by atoms with Gasteiger partial charge >= 0.3 is 5.97 Å². The van der Waals surface area contributed by atoms with Gasteiger partial charge in [0.25, 0.3) is 5.69 Å². The number of carbonyl (C=O) groups excluding carboxylic acids is 1. The van der Waals surface area contributed by atoms with E-state index in [-0.39, 0.29) is 11.3 Å². The third kappa shape index (κ3) is 3.75. The third-order valence-corrected chi connectivity index (χ3v) is 2.88. The van der Waals surface area contributed by atoms with Crippen LogP contribution in [0.2, 0.25) is 0 Å². The molecule has 7 nitrogen and oxygen atoms in total. The van der Waals surface area contributed by atoms with Crippen LogP contribution in [0.5, 0.6) is 0 Å². The zero-order chi connectivity index (χ0) is 15.1. The highest BCUT2D eigenvalue weighted by Crippen LogP contribution is 2.26. The van der Waals surface area contributed by atoms with Crippen molar-refractivity contribution in [1.82, 2.24) is 0 Å². The first kappa shape index (κ1) is 16.1. The number of esters is 1. The van der Waals surface area contributed by atoms with Crippen molar-refractivity contribution in [3.63, 3.8) is 0 Å². The molecule has 1 rings (SSSR count). The average molecular weight is 283 g/mol. The monoisotopic (exact) mass is 283 g/mol. The molecule has 0 saturated heterocycles. The van der Waals surface area contributed by atoms with E-state index >= 15 is 0 Å². The topological polar surface area (TPSA) is 87.9 Å². The fourth-order valence-corrected chi connectivity index (χ4v) is 1.89. The Labute approximate surface area is 116 Å². The van der Waals surface area contributed by atoms with Crippen molar-refractivity contribution in [1.29, 1.82) is 0 Å². The summed E-state index contributed by atoms with van der Waals surface area (Å²) >= 11 is 0. The van der Waals surface area contributed by atoms with Gasteiger partial charge in [0, 0.05) is 26.2 Å². The number of hydrogen-bond donors (Lipinski definition) is 0. The number of methoxy groups -OCH3 is 3. The summed E-state index contributed by atoms with van der Waals surface area (Å²) in [6, 6.07) is 4.56. The van der Waals surface area contributed by atoms with Crippen LogP contribution in [0, 0.1) is 10.1 Å². The molecule has 0 heterocycles. The summed E-state index contributed by atoms with van der Waals surface area (Å²) in [5.74, 6) is -0.728. The lowest BCUT2D eigenvalue weighted by Crippen LogP contribution is -2.15. The van der Waals surface area contributed by atoms with Crippen molar-refractivity contribution < 1.29 is 23.9 Å². The number of nitro benzene ring substituents is 1. The third-order valence-electron chi connectivity index (χ3n) is 2.88. The van der Waals surface area contributed by atoms with Crippen molar-refractivity contribution in [3.05, 3.63) is 39.4 Å². The lowest BCUT2D eigenvalue weighted by atomic mass is 10.0. The molecule has 0 aliphatic rings. The van der Waals surface area contributed by atoms with Crippen LogP contribution in [0.15, 0.2) is 18.2 Å². The summed E-state index contributed by atoms with van der Waals surface area (Å²) in [5.41, 5.74) is 0.156. The molecule has 0 bridgehead atoms. The van der Waals surface area contributed by atoms with Gasteiger partial charge in [-0.2, -0.15) is 0 Å². The van der Waals surface area contributed by atoms with E-state index < -0.39 is 17.2 Å². The van der Waals surface area contributed by atoms with E-state index in [2.05, 4.69) is 4.74 Å². The molecule has 0 saturated carbocycles. The summed E-state index contributed by atoms with van der Waals surface area (Å²) in [7, 11) is 4.17. The molecule has 7 heteroatoms. The Morgan fingerprint density at radius 2 is 1.95 bits per heavy atom. The van der Waals surface area contributed by atoms with Gasteiger partial charge in [-0.3, -0.25) is 10.1 Å². The fourth-order valence-electron chi connectivity index (χ4n) is 1.89. The first-order valence-electron chi connectivity index (χ1n) is 5.95. The smallest absolute Gasteiger partial charge is 0.344 e. The quantitative estimate of drug-likeness (QED) is 0.329. The number of ether oxygens (including phenoxy) is 3. The second kappa shape index (κ2) is 7.56. The van der Waals surface area contributed by atoms with Gasteiger partial charge in [0.1, 0.15) is 5.56 Å². The Bertz CT molecular complexity index is 484. The van der Waals surface area contributed by atoms with E-state index in [1.165, 1.54) is 27.4 Å². The van der Waals surface area contributed by atoms with Crippen LogP contribution >= 0.6 is 0 Å². The first-order valence-corrected chi connectivity index (χ1v) is 5.95. The summed E-state index contributed by atoms with van der Waals surface area (Å²) in [6.45, 7) is 0. The fraction of sp³-hybridized carbons (Fsp3) is 0.462. The van der Waals surface area contributed by atoms with E-state index in [1.54, 1.807) is 12.1 Å². The van der Waals surface area contributed by atoms with Crippen LogP contribution in [0.1, 0.15) is 22.3 Å². The van der Waals surface area contributed by atoms with Crippen molar-refractivity contribution in [3.8, 4) is 0 Å². The van der Waals surface area contributed by atoms with Crippen LogP contribution in [0.3, 0.4) is 0 Å². The molecule has 0 spiro atoms. The second-order valence-electron chi connectivity index (χ2n) is 4.00. The van der Waals surface area contributed by atoms with Crippen LogP contribution in [0.4, 0.5) is 5.69 Å². The van der Waals surface area contributed by atoms with Gasteiger partial charge in [-0.05, 0) is 12.5 Å². The minimum absolute atomic E-state index is 0.0543. The van der Waals surface area contributed by atoms with E-state index in [9.17, 15) is 14.9 Å². The lowest BCUT2D eigenvalue weighted by Gasteiger charge is -2.13. The van der Waals surface area contributed by atoms with Gasteiger partial charge < -0.3 is 14.2 Å². The largest absolute Gasteiger partial charge is 0.465 e. The molecule has 110 valence electrons. The maximum Gasteiger partial charge on any atom is 0.344 e. The zero-order valence-electron chi connectivity index (χ0n) is 11.6. The lowest BCUT2D eigenvalue weighted by molar-refractivity contribution is -0.385. The minimum Gasteiger partial charge on any atom is -0.465 e. The summed E-state index contributed by atoms with van der Waals surface area (Å²) < 4.78 is 14.6. The molecule has 1 aromatic rings. The summed E-state index contributed by atoms with van der Waals surface area (Å²) in [4.78, 5) is 22.2.